The zero-order chi connectivity index (χ0) is 16.3. The summed E-state index contributed by atoms with van der Waals surface area (Å²) in [5.41, 5.74) is -0.589. The largest absolute Gasteiger partial charge is 0.465 e. The van der Waals surface area contributed by atoms with Gasteiger partial charge in [0.15, 0.2) is 0 Å². The van der Waals surface area contributed by atoms with Gasteiger partial charge >= 0.3 is 5.97 Å². The average molecular weight is 302 g/mol. The van der Waals surface area contributed by atoms with Gasteiger partial charge in [0.2, 0.25) is 0 Å². The minimum absolute atomic E-state index is 0.153. The first-order valence-electron chi connectivity index (χ1n) is 8.06. The van der Waals surface area contributed by atoms with Crippen molar-refractivity contribution in [1.29, 1.82) is 0 Å². The molecule has 0 aromatic rings. The molecule has 1 atom stereocenters. The van der Waals surface area contributed by atoms with Crippen molar-refractivity contribution >= 4 is 5.97 Å². The van der Waals surface area contributed by atoms with Crippen LogP contribution in [0.1, 0.15) is 47.5 Å². The molecule has 0 aromatic heterocycles. The molecule has 0 aliphatic rings. The Bertz CT molecular complexity index is 285. The van der Waals surface area contributed by atoms with E-state index in [0.29, 0.717) is 12.6 Å². The van der Waals surface area contributed by atoms with Gasteiger partial charge < -0.3 is 14.8 Å². The molecular formula is C16H34N2O3. The second-order valence-corrected chi connectivity index (χ2v) is 5.81. The molecule has 21 heavy (non-hydrogen) atoms. The lowest BCUT2D eigenvalue weighted by molar-refractivity contribution is -0.150. The smallest absolute Gasteiger partial charge is 0.326 e. The second kappa shape index (κ2) is 11.0. The molecule has 0 aliphatic heterocycles. The Hall–Kier alpha value is -0.650. The molecule has 0 saturated carbocycles. The summed E-state index contributed by atoms with van der Waals surface area (Å²) in [6.07, 6.45) is 1.72. The number of nitrogens with zero attached hydrogens (tertiary/aromatic N) is 1. The van der Waals surface area contributed by atoms with Gasteiger partial charge in [-0.05, 0) is 53.6 Å². The van der Waals surface area contributed by atoms with Crippen molar-refractivity contribution < 1.29 is 14.3 Å². The lowest BCUT2D eigenvalue weighted by atomic mass is 9.95. The van der Waals surface area contributed by atoms with E-state index in [9.17, 15) is 4.79 Å². The summed E-state index contributed by atoms with van der Waals surface area (Å²) < 4.78 is 10.3. The quantitative estimate of drug-likeness (QED) is 0.559. The number of hydrogen-bond acceptors (Lipinski definition) is 5. The van der Waals surface area contributed by atoms with Crippen LogP contribution in [0.4, 0.5) is 0 Å². The minimum Gasteiger partial charge on any atom is -0.465 e. The molecule has 0 radical (unpaired) electrons. The van der Waals surface area contributed by atoms with Gasteiger partial charge in [0.05, 0.1) is 13.2 Å². The molecule has 5 heteroatoms. The van der Waals surface area contributed by atoms with Crippen molar-refractivity contribution in [3.05, 3.63) is 0 Å². The summed E-state index contributed by atoms with van der Waals surface area (Å²) in [7, 11) is 1.72. The average Bonchev–Trinajstić information content (AvgIpc) is 2.42. The predicted octanol–water partition coefficient (Wildman–Crippen LogP) is 2.05. The molecule has 0 saturated heterocycles. The van der Waals surface area contributed by atoms with E-state index in [4.69, 9.17) is 9.47 Å². The fourth-order valence-corrected chi connectivity index (χ4v) is 2.42. The Morgan fingerprint density at radius 2 is 1.95 bits per heavy atom. The Kier molecular flexibility index (Phi) is 10.6. The summed E-state index contributed by atoms with van der Waals surface area (Å²) in [5.74, 6) is -0.153. The molecule has 0 aromatic carbocycles. The van der Waals surface area contributed by atoms with Crippen LogP contribution in [0.25, 0.3) is 0 Å². The number of rotatable bonds is 12. The van der Waals surface area contributed by atoms with Crippen molar-refractivity contribution in [1.82, 2.24) is 10.2 Å². The fraction of sp³-hybridized carbons (Fsp3) is 0.938. The van der Waals surface area contributed by atoms with E-state index in [1.54, 1.807) is 7.11 Å². The molecule has 0 spiro atoms. The van der Waals surface area contributed by atoms with Gasteiger partial charge in [-0.1, -0.05) is 6.92 Å². The number of hydrogen-bond donors (Lipinski definition) is 1. The highest BCUT2D eigenvalue weighted by molar-refractivity contribution is 5.80. The molecule has 1 unspecified atom stereocenters. The Labute approximate surface area is 130 Å². The van der Waals surface area contributed by atoms with E-state index < -0.39 is 5.54 Å². The summed E-state index contributed by atoms with van der Waals surface area (Å²) in [4.78, 5) is 14.5. The minimum atomic E-state index is -0.589. The number of nitrogens with one attached hydrogen (secondary N) is 1. The van der Waals surface area contributed by atoms with E-state index in [1.165, 1.54) is 0 Å². The van der Waals surface area contributed by atoms with Crippen LogP contribution in [-0.4, -0.2) is 62.4 Å². The predicted molar refractivity (Wildman–Crippen MR) is 86.5 cm³/mol. The van der Waals surface area contributed by atoms with Crippen molar-refractivity contribution in [2.45, 2.75) is 59.0 Å². The molecule has 126 valence electrons. The van der Waals surface area contributed by atoms with Gasteiger partial charge in [-0.15, -0.1) is 0 Å². The molecule has 0 bridgehead atoms. The topological polar surface area (TPSA) is 50.8 Å². The molecule has 0 rings (SSSR count). The molecule has 0 aliphatic carbocycles. The van der Waals surface area contributed by atoms with Crippen LogP contribution in [0.3, 0.4) is 0 Å². The number of likely N-dealkylation sites (N-methyl/N-ethyl adjacent to an activating group) is 1. The van der Waals surface area contributed by atoms with Crippen molar-refractivity contribution in [2.75, 3.05) is 40.0 Å². The number of carbonyl (C=O) groups excluding carboxylic acids is 1. The van der Waals surface area contributed by atoms with Crippen LogP contribution in [0.5, 0.6) is 0 Å². The Morgan fingerprint density at radius 1 is 1.29 bits per heavy atom. The Balaban J connectivity index is 4.43. The van der Waals surface area contributed by atoms with Crippen molar-refractivity contribution in [2.24, 2.45) is 0 Å². The third-order valence-electron chi connectivity index (χ3n) is 3.73. The zero-order valence-electron chi connectivity index (χ0n) is 14.7. The fourth-order valence-electron chi connectivity index (χ4n) is 2.42. The van der Waals surface area contributed by atoms with Gasteiger partial charge in [0, 0.05) is 19.7 Å². The van der Waals surface area contributed by atoms with Crippen LogP contribution < -0.4 is 5.32 Å². The highest BCUT2D eigenvalue weighted by Gasteiger charge is 2.33. The number of carbonyl (C=O) groups is 1. The lowest BCUT2D eigenvalue weighted by Crippen LogP contribution is -2.51. The first-order chi connectivity index (χ1) is 9.91. The molecular weight excluding hydrogens is 268 g/mol. The van der Waals surface area contributed by atoms with E-state index in [1.807, 2.05) is 20.8 Å². The summed E-state index contributed by atoms with van der Waals surface area (Å²) in [6, 6.07) is 0.480. The maximum absolute atomic E-state index is 12.1. The summed E-state index contributed by atoms with van der Waals surface area (Å²) in [6.45, 7) is 14.0. The normalized spacial score (nSPS) is 14.5. The summed E-state index contributed by atoms with van der Waals surface area (Å²) in [5, 5.41) is 3.27. The lowest BCUT2D eigenvalue weighted by Gasteiger charge is -2.31. The number of esters is 1. The van der Waals surface area contributed by atoms with Gasteiger partial charge in [-0.2, -0.15) is 0 Å². The first-order valence-corrected chi connectivity index (χ1v) is 8.06. The maximum Gasteiger partial charge on any atom is 0.326 e. The molecule has 0 fully saturated rings. The monoisotopic (exact) mass is 302 g/mol. The Morgan fingerprint density at radius 3 is 2.43 bits per heavy atom. The highest BCUT2D eigenvalue weighted by Crippen LogP contribution is 2.16. The molecule has 0 amide bonds. The van der Waals surface area contributed by atoms with Crippen LogP contribution in [0, 0.1) is 0 Å². The van der Waals surface area contributed by atoms with E-state index in [2.05, 4.69) is 24.1 Å². The molecule has 0 heterocycles. The molecule has 5 nitrogen and oxygen atoms in total. The third-order valence-corrected chi connectivity index (χ3v) is 3.73. The zero-order valence-corrected chi connectivity index (χ0v) is 14.7. The van der Waals surface area contributed by atoms with Crippen molar-refractivity contribution in [3.63, 3.8) is 0 Å². The number of methoxy groups -OCH3 is 1. The maximum atomic E-state index is 12.1. The van der Waals surface area contributed by atoms with E-state index in [0.717, 1.165) is 39.1 Å². The van der Waals surface area contributed by atoms with Crippen LogP contribution in [0.2, 0.25) is 0 Å². The van der Waals surface area contributed by atoms with Gasteiger partial charge in [0.25, 0.3) is 0 Å². The SMILES string of the molecule is CCNC(C)(CCCN(CCOC)C(C)C)C(=O)OCC. The third kappa shape index (κ3) is 7.79. The van der Waals surface area contributed by atoms with Crippen molar-refractivity contribution in [3.8, 4) is 0 Å². The summed E-state index contributed by atoms with van der Waals surface area (Å²) >= 11 is 0. The van der Waals surface area contributed by atoms with E-state index in [-0.39, 0.29) is 5.97 Å². The van der Waals surface area contributed by atoms with Crippen LogP contribution in [-0.2, 0) is 14.3 Å². The standard InChI is InChI=1S/C16H34N2O3/c1-7-17-16(5,15(19)21-8-2)10-9-11-18(14(3)4)12-13-20-6/h14,17H,7-13H2,1-6H3. The van der Waals surface area contributed by atoms with Gasteiger partial charge in [0.1, 0.15) is 5.54 Å². The highest BCUT2D eigenvalue weighted by atomic mass is 16.5. The van der Waals surface area contributed by atoms with Crippen LogP contribution in [0.15, 0.2) is 0 Å². The van der Waals surface area contributed by atoms with Crippen LogP contribution >= 0.6 is 0 Å². The van der Waals surface area contributed by atoms with Gasteiger partial charge in [-0.25, -0.2) is 0 Å². The van der Waals surface area contributed by atoms with E-state index >= 15 is 0 Å². The first kappa shape index (κ1) is 20.3. The second-order valence-electron chi connectivity index (χ2n) is 5.81. The molecule has 1 N–H and O–H groups in total. The van der Waals surface area contributed by atoms with Gasteiger partial charge in [-0.3, -0.25) is 9.69 Å². The number of ether oxygens (including phenoxy) is 2.